The number of anilines is 1. The summed E-state index contributed by atoms with van der Waals surface area (Å²) in [5.41, 5.74) is 8.17. The van der Waals surface area contributed by atoms with E-state index in [0.29, 0.717) is 17.0 Å². The SMILES string of the molecule is N#Cc1cccc2c1nc(N)n2C1CCC(O)CC1. The van der Waals surface area contributed by atoms with Crippen LogP contribution in [0.1, 0.15) is 37.3 Å². The smallest absolute Gasteiger partial charge is 0.201 e. The second kappa shape index (κ2) is 4.56. The average molecular weight is 256 g/mol. The van der Waals surface area contributed by atoms with E-state index in [4.69, 9.17) is 11.0 Å². The summed E-state index contributed by atoms with van der Waals surface area (Å²) in [6, 6.07) is 7.98. The summed E-state index contributed by atoms with van der Waals surface area (Å²) in [4.78, 5) is 4.33. The van der Waals surface area contributed by atoms with E-state index < -0.39 is 0 Å². The number of benzene rings is 1. The van der Waals surface area contributed by atoms with Crippen LogP contribution >= 0.6 is 0 Å². The molecule has 0 spiro atoms. The van der Waals surface area contributed by atoms with Gasteiger partial charge >= 0.3 is 0 Å². The van der Waals surface area contributed by atoms with Gasteiger partial charge in [0.05, 0.1) is 17.2 Å². The van der Waals surface area contributed by atoms with Crippen LogP contribution in [0.4, 0.5) is 5.95 Å². The van der Waals surface area contributed by atoms with Crippen LogP contribution in [0.5, 0.6) is 0 Å². The van der Waals surface area contributed by atoms with Crippen LogP contribution in [0.2, 0.25) is 0 Å². The molecule has 1 aliphatic carbocycles. The monoisotopic (exact) mass is 256 g/mol. The van der Waals surface area contributed by atoms with Crippen LogP contribution < -0.4 is 5.73 Å². The molecule has 3 N–H and O–H groups in total. The molecule has 0 saturated heterocycles. The zero-order valence-electron chi connectivity index (χ0n) is 10.6. The molecule has 3 rings (SSSR count). The highest BCUT2D eigenvalue weighted by Gasteiger charge is 2.24. The Morgan fingerprint density at radius 1 is 1.32 bits per heavy atom. The molecule has 0 unspecified atom stereocenters. The third kappa shape index (κ3) is 1.94. The van der Waals surface area contributed by atoms with Gasteiger partial charge in [-0.2, -0.15) is 5.26 Å². The van der Waals surface area contributed by atoms with Crippen molar-refractivity contribution in [2.24, 2.45) is 0 Å². The van der Waals surface area contributed by atoms with E-state index in [0.717, 1.165) is 31.2 Å². The summed E-state index contributed by atoms with van der Waals surface area (Å²) >= 11 is 0. The normalized spacial score (nSPS) is 23.4. The molecular formula is C14H16N4O. The van der Waals surface area contributed by atoms with Crippen LogP contribution in [0.15, 0.2) is 18.2 Å². The number of nitrogens with two attached hydrogens (primary N) is 1. The molecule has 0 radical (unpaired) electrons. The number of nitrogens with zero attached hydrogens (tertiary/aromatic N) is 3. The summed E-state index contributed by atoms with van der Waals surface area (Å²) in [7, 11) is 0. The van der Waals surface area contributed by atoms with Crippen molar-refractivity contribution in [3.63, 3.8) is 0 Å². The van der Waals surface area contributed by atoms with Crippen LogP contribution in [-0.2, 0) is 0 Å². The van der Waals surface area contributed by atoms with E-state index in [-0.39, 0.29) is 12.1 Å². The minimum Gasteiger partial charge on any atom is -0.393 e. The lowest BCUT2D eigenvalue weighted by Gasteiger charge is -2.27. The number of rotatable bonds is 1. The van der Waals surface area contributed by atoms with Gasteiger partial charge in [-0.3, -0.25) is 0 Å². The summed E-state index contributed by atoms with van der Waals surface area (Å²) in [5.74, 6) is 0.457. The van der Waals surface area contributed by atoms with Gasteiger partial charge in [-0.25, -0.2) is 4.98 Å². The lowest BCUT2D eigenvalue weighted by molar-refractivity contribution is 0.112. The van der Waals surface area contributed by atoms with Crippen molar-refractivity contribution in [3.8, 4) is 6.07 Å². The predicted octanol–water partition coefficient (Wildman–Crippen LogP) is 1.97. The maximum atomic E-state index is 9.59. The van der Waals surface area contributed by atoms with Gasteiger partial charge in [0.25, 0.3) is 0 Å². The Kier molecular flexibility index (Phi) is 2.88. The molecule has 5 heteroatoms. The van der Waals surface area contributed by atoms with Gasteiger partial charge in [-0.1, -0.05) is 6.07 Å². The van der Waals surface area contributed by atoms with Crippen LogP contribution in [0.25, 0.3) is 11.0 Å². The maximum Gasteiger partial charge on any atom is 0.201 e. The molecule has 98 valence electrons. The summed E-state index contributed by atoms with van der Waals surface area (Å²) < 4.78 is 2.02. The van der Waals surface area contributed by atoms with E-state index >= 15 is 0 Å². The second-order valence-corrected chi connectivity index (χ2v) is 5.09. The van der Waals surface area contributed by atoms with Crippen molar-refractivity contribution in [1.82, 2.24) is 9.55 Å². The van der Waals surface area contributed by atoms with Gasteiger partial charge in [0.2, 0.25) is 5.95 Å². The maximum absolute atomic E-state index is 9.59. The van der Waals surface area contributed by atoms with Gasteiger partial charge in [-0.15, -0.1) is 0 Å². The van der Waals surface area contributed by atoms with E-state index in [9.17, 15) is 5.11 Å². The molecule has 1 fully saturated rings. The highest BCUT2D eigenvalue weighted by atomic mass is 16.3. The lowest BCUT2D eigenvalue weighted by Crippen LogP contribution is -2.22. The van der Waals surface area contributed by atoms with Gasteiger partial charge < -0.3 is 15.4 Å². The Morgan fingerprint density at radius 2 is 2.05 bits per heavy atom. The van der Waals surface area contributed by atoms with Crippen LogP contribution in [0, 0.1) is 11.3 Å². The van der Waals surface area contributed by atoms with Crippen molar-refractivity contribution in [2.75, 3.05) is 5.73 Å². The van der Waals surface area contributed by atoms with Gasteiger partial charge in [0.15, 0.2) is 0 Å². The lowest BCUT2D eigenvalue weighted by atomic mass is 9.93. The Hall–Kier alpha value is -2.06. The standard InChI is InChI=1S/C14H16N4O/c15-8-9-2-1-3-12-13(9)17-14(16)18(12)10-4-6-11(19)7-5-10/h1-3,10-11,19H,4-7H2,(H2,16,17). The minimum absolute atomic E-state index is 0.193. The first-order valence-electron chi connectivity index (χ1n) is 6.55. The first-order valence-corrected chi connectivity index (χ1v) is 6.55. The molecular weight excluding hydrogens is 240 g/mol. The molecule has 0 aliphatic heterocycles. The van der Waals surface area contributed by atoms with Gasteiger partial charge in [0.1, 0.15) is 11.6 Å². The third-order valence-electron chi connectivity index (χ3n) is 3.90. The fourth-order valence-electron chi connectivity index (χ4n) is 2.93. The highest BCUT2D eigenvalue weighted by molar-refractivity contribution is 5.84. The van der Waals surface area contributed by atoms with Crippen molar-refractivity contribution < 1.29 is 5.11 Å². The molecule has 19 heavy (non-hydrogen) atoms. The molecule has 0 bridgehead atoms. The van der Waals surface area contributed by atoms with Crippen LogP contribution in [0.3, 0.4) is 0 Å². The number of aromatic nitrogens is 2. The number of aliphatic hydroxyl groups is 1. The number of imidazole rings is 1. The number of nitriles is 1. The third-order valence-corrected chi connectivity index (χ3v) is 3.90. The quantitative estimate of drug-likeness (QED) is 0.816. The van der Waals surface area contributed by atoms with Crippen molar-refractivity contribution in [2.45, 2.75) is 37.8 Å². The largest absolute Gasteiger partial charge is 0.393 e. The van der Waals surface area contributed by atoms with Crippen molar-refractivity contribution in [3.05, 3.63) is 23.8 Å². The zero-order chi connectivity index (χ0) is 13.4. The number of para-hydroxylation sites is 1. The first kappa shape index (κ1) is 12.0. The Labute approximate surface area is 111 Å². The molecule has 0 amide bonds. The minimum atomic E-state index is -0.193. The Bertz CT molecular complexity index is 647. The molecule has 1 saturated carbocycles. The fourth-order valence-corrected chi connectivity index (χ4v) is 2.93. The topological polar surface area (TPSA) is 87.9 Å². The number of hydrogen-bond acceptors (Lipinski definition) is 4. The molecule has 5 nitrogen and oxygen atoms in total. The molecule has 1 heterocycles. The van der Waals surface area contributed by atoms with Crippen molar-refractivity contribution >= 4 is 17.0 Å². The average Bonchev–Trinajstić information content (AvgIpc) is 2.76. The Balaban J connectivity index is 2.09. The fraction of sp³-hybridized carbons (Fsp3) is 0.429. The predicted molar refractivity (Wildman–Crippen MR) is 72.4 cm³/mol. The number of hydrogen-bond donors (Lipinski definition) is 2. The van der Waals surface area contributed by atoms with Gasteiger partial charge in [0, 0.05) is 6.04 Å². The van der Waals surface area contributed by atoms with E-state index in [2.05, 4.69) is 11.1 Å². The van der Waals surface area contributed by atoms with E-state index in [1.54, 1.807) is 6.07 Å². The molecule has 2 aromatic rings. The number of aliphatic hydroxyl groups excluding tert-OH is 1. The van der Waals surface area contributed by atoms with Crippen LogP contribution in [-0.4, -0.2) is 20.8 Å². The molecule has 0 atom stereocenters. The molecule has 1 aromatic carbocycles. The summed E-state index contributed by atoms with van der Waals surface area (Å²) in [5, 5.41) is 18.7. The summed E-state index contributed by atoms with van der Waals surface area (Å²) in [6.07, 6.45) is 3.19. The van der Waals surface area contributed by atoms with E-state index in [1.807, 2.05) is 16.7 Å². The molecule has 1 aromatic heterocycles. The Morgan fingerprint density at radius 3 is 2.74 bits per heavy atom. The summed E-state index contributed by atoms with van der Waals surface area (Å²) in [6.45, 7) is 0. The van der Waals surface area contributed by atoms with Crippen molar-refractivity contribution in [1.29, 1.82) is 5.26 Å². The van der Waals surface area contributed by atoms with Gasteiger partial charge in [-0.05, 0) is 37.8 Å². The first-order chi connectivity index (χ1) is 9.20. The van der Waals surface area contributed by atoms with E-state index in [1.165, 1.54) is 0 Å². The number of fused-ring (bicyclic) bond motifs is 1. The second-order valence-electron chi connectivity index (χ2n) is 5.09. The molecule has 1 aliphatic rings. The zero-order valence-corrected chi connectivity index (χ0v) is 10.6. The highest BCUT2D eigenvalue weighted by Crippen LogP contribution is 2.34. The number of nitrogen functional groups attached to an aromatic ring is 1.